The molecule has 0 aliphatic rings. The number of rotatable bonds is 15. The van der Waals surface area contributed by atoms with Gasteiger partial charge < -0.3 is 28.8 Å². The number of hydrogen-bond acceptors (Lipinski definition) is 9. The second kappa shape index (κ2) is 15.5. The van der Waals surface area contributed by atoms with Crippen LogP contribution in [-0.2, 0) is 19.1 Å². The molecular formula is C31H30O9. The SMILES string of the molecule is C=CC(=O)OCCCOc1ccc(-c2ccc(OC(=O)c3ccc(OCCOC(=O)C(=C)CO)cc3)cc2)cc1. The Bertz CT molecular complexity index is 1290. The molecule has 3 aromatic rings. The van der Waals surface area contributed by atoms with Crippen LogP contribution in [0.4, 0.5) is 0 Å². The number of esters is 3. The summed E-state index contributed by atoms with van der Waals surface area (Å²) >= 11 is 0. The number of benzene rings is 3. The molecule has 0 spiro atoms. The average Bonchev–Trinajstić information content (AvgIpc) is 2.99. The van der Waals surface area contributed by atoms with E-state index in [1.54, 1.807) is 36.4 Å². The molecule has 0 radical (unpaired) electrons. The number of ether oxygens (including phenoxy) is 5. The van der Waals surface area contributed by atoms with Gasteiger partial charge in [-0.2, -0.15) is 0 Å². The Morgan fingerprint density at radius 3 is 1.82 bits per heavy atom. The molecule has 0 saturated carbocycles. The molecule has 3 rings (SSSR count). The predicted octanol–water partition coefficient (Wildman–Crippen LogP) is 4.54. The van der Waals surface area contributed by atoms with E-state index in [1.165, 1.54) is 0 Å². The van der Waals surface area contributed by atoms with Crippen molar-refractivity contribution in [3.63, 3.8) is 0 Å². The fraction of sp³-hybridized carbons (Fsp3) is 0.194. The Morgan fingerprint density at radius 2 is 1.25 bits per heavy atom. The Morgan fingerprint density at radius 1 is 0.700 bits per heavy atom. The first-order chi connectivity index (χ1) is 19.4. The second-order valence-corrected chi connectivity index (χ2v) is 8.28. The minimum absolute atomic E-state index is 0.00778. The molecule has 0 aliphatic carbocycles. The molecule has 208 valence electrons. The molecule has 40 heavy (non-hydrogen) atoms. The van der Waals surface area contributed by atoms with Gasteiger partial charge in [-0.3, -0.25) is 0 Å². The summed E-state index contributed by atoms with van der Waals surface area (Å²) in [7, 11) is 0. The van der Waals surface area contributed by atoms with E-state index in [2.05, 4.69) is 13.2 Å². The first-order valence-corrected chi connectivity index (χ1v) is 12.4. The summed E-state index contributed by atoms with van der Waals surface area (Å²) in [6, 6.07) is 21.1. The molecule has 0 fully saturated rings. The van der Waals surface area contributed by atoms with Crippen molar-refractivity contribution in [1.82, 2.24) is 0 Å². The van der Waals surface area contributed by atoms with Gasteiger partial charge in [0.1, 0.15) is 30.5 Å². The van der Waals surface area contributed by atoms with E-state index in [0.29, 0.717) is 35.8 Å². The summed E-state index contributed by atoms with van der Waals surface area (Å²) in [4.78, 5) is 35.0. The van der Waals surface area contributed by atoms with Gasteiger partial charge in [0.25, 0.3) is 0 Å². The third kappa shape index (κ3) is 9.45. The highest BCUT2D eigenvalue weighted by molar-refractivity contribution is 5.91. The van der Waals surface area contributed by atoms with Gasteiger partial charge in [-0.25, -0.2) is 14.4 Å². The summed E-state index contributed by atoms with van der Waals surface area (Å²) in [5, 5.41) is 8.84. The number of hydrogen-bond donors (Lipinski definition) is 1. The fourth-order valence-electron chi connectivity index (χ4n) is 3.25. The molecule has 0 aromatic heterocycles. The molecule has 0 bridgehead atoms. The van der Waals surface area contributed by atoms with Crippen molar-refractivity contribution in [2.24, 2.45) is 0 Å². The van der Waals surface area contributed by atoms with Gasteiger partial charge in [0.2, 0.25) is 0 Å². The first kappa shape index (κ1) is 29.7. The largest absolute Gasteiger partial charge is 0.493 e. The van der Waals surface area contributed by atoms with Crippen LogP contribution in [0.15, 0.2) is 97.6 Å². The van der Waals surface area contributed by atoms with Crippen LogP contribution in [-0.4, -0.2) is 56.0 Å². The fourth-order valence-corrected chi connectivity index (χ4v) is 3.25. The lowest BCUT2D eigenvalue weighted by molar-refractivity contribution is -0.140. The molecule has 0 aliphatic heterocycles. The lowest BCUT2D eigenvalue weighted by Crippen LogP contribution is -2.15. The average molecular weight is 547 g/mol. The summed E-state index contributed by atoms with van der Waals surface area (Å²) in [5.74, 6) is -0.0581. The monoisotopic (exact) mass is 546 g/mol. The van der Waals surface area contributed by atoms with Crippen molar-refractivity contribution in [2.45, 2.75) is 6.42 Å². The zero-order valence-electron chi connectivity index (χ0n) is 21.9. The standard InChI is InChI=1S/C31H30O9/c1-3-29(33)38-18-4-17-36-26-11-5-23(6-12-26)24-7-15-28(16-8-24)40-31(35)25-9-13-27(14-10-25)37-19-20-39-30(34)22(2)21-32/h3,5-16,32H,1-2,4,17-21H2. The maximum atomic E-state index is 12.5. The van der Waals surface area contributed by atoms with Crippen LogP contribution in [0.5, 0.6) is 17.2 Å². The molecule has 9 nitrogen and oxygen atoms in total. The van der Waals surface area contributed by atoms with E-state index >= 15 is 0 Å². The van der Waals surface area contributed by atoms with Crippen molar-refractivity contribution >= 4 is 17.9 Å². The van der Waals surface area contributed by atoms with Gasteiger partial charge in [-0.05, 0) is 59.7 Å². The van der Waals surface area contributed by atoms with Crippen LogP contribution >= 0.6 is 0 Å². The van der Waals surface area contributed by atoms with Crippen molar-refractivity contribution in [3.8, 4) is 28.4 Å². The van der Waals surface area contributed by atoms with Crippen molar-refractivity contribution in [2.75, 3.05) is 33.0 Å². The number of aliphatic hydroxyl groups is 1. The molecule has 0 atom stereocenters. The van der Waals surface area contributed by atoms with Gasteiger partial charge in [0.15, 0.2) is 0 Å². The molecule has 0 saturated heterocycles. The Kier molecular flexibility index (Phi) is 11.5. The summed E-state index contributed by atoms with van der Waals surface area (Å²) in [6.07, 6.45) is 1.70. The number of carbonyl (C=O) groups excluding carboxylic acids is 3. The quantitative estimate of drug-likeness (QED) is 0.127. The van der Waals surface area contributed by atoms with E-state index in [1.807, 2.05) is 36.4 Å². The van der Waals surface area contributed by atoms with Gasteiger partial charge >= 0.3 is 17.9 Å². The van der Waals surface area contributed by atoms with Crippen molar-refractivity contribution in [1.29, 1.82) is 0 Å². The summed E-state index contributed by atoms with van der Waals surface area (Å²) < 4.78 is 26.4. The van der Waals surface area contributed by atoms with E-state index < -0.39 is 24.5 Å². The lowest BCUT2D eigenvalue weighted by Gasteiger charge is -2.09. The molecule has 3 aromatic carbocycles. The van der Waals surface area contributed by atoms with Crippen LogP contribution in [0.3, 0.4) is 0 Å². The zero-order valence-corrected chi connectivity index (χ0v) is 21.9. The second-order valence-electron chi connectivity index (χ2n) is 8.28. The summed E-state index contributed by atoms with van der Waals surface area (Å²) in [5.41, 5.74) is 2.22. The van der Waals surface area contributed by atoms with Crippen LogP contribution in [0.1, 0.15) is 16.8 Å². The Hall–Kier alpha value is -4.89. The van der Waals surface area contributed by atoms with E-state index in [-0.39, 0.29) is 25.4 Å². The van der Waals surface area contributed by atoms with Crippen molar-refractivity contribution in [3.05, 3.63) is 103 Å². The highest BCUT2D eigenvalue weighted by Gasteiger charge is 2.10. The molecule has 0 heterocycles. The van der Waals surface area contributed by atoms with Crippen LogP contribution in [0.2, 0.25) is 0 Å². The Labute approximate surface area is 232 Å². The van der Waals surface area contributed by atoms with E-state index in [9.17, 15) is 14.4 Å². The maximum absolute atomic E-state index is 12.5. The zero-order chi connectivity index (χ0) is 28.7. The third-order valence-corrected chi connectivity index (χ3v) is 5.38. The van der Waals surface area contributed by atoms with Crippen molar-refractivity contribution < 1.29 is 43.2 Å². The molecule has 9 heteroatoms. The summed E-state index contributed by atoms with van der Waals surface area (Å²) in [6.45, 7) is 7.04. The van der Waals surface area contributed by atoms with E-state index in [4.69, 9.17) is 28.8 Å². The smallest absolute Gasteiger partial charge is 0.343 e. The normalized spacial score (nSPS) is 10.2. The van der Waals surface area contributed by atoms with Gasteiger partial charge in [-0.15, -0.1) is 0 Å². The maximum Gasteiger partial charge on any atom is 0.343 e. The molecule has 1 N–H and O–H groups in total. The minimum atomic E-state index is -0.682. The lowest BCUT2D eigenvalue weighted by atomic mass is 10.1. The third-order valence-electron chi connectivity index (χ3n) is 5.38. The minimum Gasteiger partial charge on any atom is -0.493 e. The number of carbonyl (C=O) groups is 3. The van der Waals surface area contributed by atoms with Gasteiger partial charge in [-0.1, -0.05) is 37.4 Å². The van der Waals surface area contributed by atoms with Gasteiger partial charge in [0, 0.05) is 12.5 Å². The van der Waals surface area contributed by atoms with Crippen LogP contribution < -0.4 is 14.2 Å². The van der Waals surface area contributed by atoms with Crippen LogP contribution in [0.25, 0.3) is 11.1 Å². The number of aliphatic hydroxyl groups excluding tert-OH is 1. The predicted molar refractivity (Wildman–Crippen MR) is 147 cm³/mol. The molecule has 0 unspecified atom stereocenters. The van der Waals surface area contributed by atoms with Crippen LogP contribution in [0, 0.1) is 0 Å². The highest BCUT2D eigenvalue weighted by atomic mass is 16.6. The Balaban J connectivity index is 1.43. The van der Waals surface area contributed by atoms with E-state index in [0.717, 1.165) is 17.2 Å². The molecule has 0 amide bonds. The topological polar surface area (TPSA) is 118 Å². The molecular weight excluding hydrogens is 516 g/mol. The highest BCUT2D eigenvalue weighted by Crippen LogP contribution is 2.25. The first-order valence-electron chi connectivity index (χ1n) is 12.4. The van der Waals surface area contributed by atoms with Gasteiger partial charge in [0.05, 0.1) is 31.0 Å².